The fourth-order valence-electron chi connectivity index (χ4n) is 9.34. The van der Waals surface area contributed by atoms with E-state index in [4.69, 9.17) is 13.8 Å². The minimum atomic E-state index is -4.71. The molecule has 0 radical (unpaired) electrons. The maximum atomic E-state index is 13.6. The number of esters is 1. The normalized spacial score (nSPS) is 14.2. The molecule has 0 saturated carbocycles. The summed E-state index contributed by atoms with van der Waals surface area (Å²) in [6.07, 6.45) is 80.8. The third-order valence-electron chi connectivity index (χ3n) is 14.5. The van der Waals surface area contributed by atoms with Crippen LogP contribution in [0.3, 0.4) is 0 Å². The van der Waals surface area contributed by atoms with Crippen LogP contribution in [0.2, 0.25) is 0 Å². The number of unbranched alkanes of at least 4 members (excludes halogenated alkanes) is 30. The number of quaternary nitrogens is 1. The van der Waals surface area contributed by atoms with Crippen LogP contribution in [0.1, 0.15) is 290 Å². The summed E-state index contributed by atoms with van der Waals surface area (Å²) >= 11 is 0. The second-order valence-electron chi connectivity index (χ2n) is 23.6. The fraction of sp³-hybridized carbons (Fsp3) is 0.746. The summed E-state index contributed by atoms with van der Waals surface area (Å²) in [5.41, 5.74) is 0. The average Bonchev–Trinajstić information content (AvgIpc) is 3.44. The van der Waals surface area contributed by atoms with Crippen LogP contribution in [0.15, 0.2) is 97.2 Å². The number of carbonyl (C=O) groups excluding carboxylic acids is 2. The summed E-state index contributed by atoms with van der Waals surface area (Å²) in [7, 11) is 1.17. The number of allylic oxidation sites excluding steroid dienone is 15. The summed E-state index contributed by atoms with van der Waals surface area (Å²) in [5.74, 6) is -0.563. The summed E-state index contributed by atoms with van der Waals surface area (Å²) in [4.78, 5) is 40.1. The second-order valence-corrected chi connectivity index (χ2v) is 25.0. The molecule has 0 aromatic heterocycles. The number of likely N-dealkylation sites (N-methyl/N-ethyl adjacent to an activating group) is 1. The van der Waals surface area contributed by atoms with E-state index in [0.717, 1.165) is 116 Å². The Balaban J connectivity index is 5.24. The molecule has 10 heteroatoms. The lowest BCUT2D eigenvalue weighted by atomic mass is 10.0. The molecule has 0 heterocycles. The summed E-state index contributed by atoms with van der Waals surface area (Å²) in [6.45, 7) is 6.71. The number of hydrogen-bond acceptors (Lipinski definition) is 7. The molecule has 81 heavy (non-hydrogen) atoms. The molecule has 0 aliphatic heterocycles. The highest BCUT2D eigenvalue weighted by Crippen LogP contribution is 2.38. The van der Waals surface area contributed by atoms with E-state index >= 15 is 0 Å². The first-order valence-electron chi connectivity index (χ1n) is 33.5. The van der Waals surface area contributed by atoms with Crippen molar-refractivity contribution in [3.63, 3.8) is 0 Å². The largest absolute Gasteiger partial charge is 0.756 e. The molecule has 0 fully saturated rings. The fourth-order valence-corrected chi connectivity index (χ4v) is 10.1. The lowest BCUT2D eigenvalue weighted by Crippen LogP contribution is -2.47. The minimum Gasteiger partial charge on any atom is -0.756 e. The van der Waals surface area contributed by atoms with E-state index in [9.17, 15) is 19.0 Å². The van der Waals surface area contributed by atoms with Gasteiger partial charge in [0, 0.05) is 12.8 Å². The quantitative estimate of drug-likeness (QED) is 0.0212. The van der Waals surface area contributed by atoms with Gasteiger partial charge in [-0.1, -0.05) is 266 Å². The first-order chi connectivity index (χ1) is 39.4. The monoisotopic (exact) mass is 1150 g/mol. The molecule has 0 aliphatic rings. The van der Waals surface area contributed by atoms with Crippen LogP contribution in [-0.4, -0.2) is 69.4 Å². The summed E-state index contributed by atoms with van der Waals surface area (Å²) in [6, 6.07) is -0.904. The highest BCUT2D eigenvalue weighted by atomic mass is 31.2. The molecule has 3 unspecified atom stereocenters. The van der Waals surface area contributed by atoms with E-state index in [1.165, 1.54) is 135 Å². The van der Waals surface area contributed by atoms with Gasteiger partial charge >= 0.3 is 5.97 Å². The minimum absolute atomic E-state index is 0.0299. The molecule has 0 saturated heterocycles. The highest BCUT2D eigenvalue weighted by Gasteiger charge is 2.27. The third-order valence-corrected chi connectivity index (χ3v) is 15.5. The first kappa shape index (κ1) is 77.9. The van der Waals surface area contributed by atoms with Crippen LogP contribution >= 0.6 is 7.82 Å². The molecule has 468 valence electrons. The van der Waals surface area contributed by atoms with Gasteiger partial charge in [0.1, 0.15) is 19.3 Å². The molecule has 0 spiro atoms. The zero-order valence-corrected chi connectivity index (χ0v) is 54.4. The molecular weight excluding hydrogens is 1020 g/mol. The van der Waals surface area contributed by atoms with Gasteiger partial charge in [-0.2, -0.15) is 0 Å². The maximum Gasteiger partial charge on any atom is 0.306 e. The van der Waals surface area contributed by atoms with Crippen LogP contribution in [-0.2, 0) is 27.9 Å². The Morgan fingerprint density at radius 1 is 0.444 bits per heavy atom. The van der Waals surface area contributed by atoms with Crippen molar-refractivity contribution in [2.45, 2.75) is 303 Å². The maximum absolute atomic E-state index is 13.6. The number of nitrogens with one attached hydrogen (secondary N) is 1. The Kier molecular flexibility index (Phi) is 57.8. The molecule has 0 aliphatic carbocycles. The van der Waals surface area contributed by atoms with E-state index in [1.54, 1.807) is 0 Å². The molecule has 9 nitrogen and oxygen atoms in total. The van der Waals surface area contributed by atoms with Crippen molar-refractivity contribution in [2.75, 3.05) is 40.9 Å². The molecular formula is C71H127N2O7P. The molecule has 0 rings (SSSR count). The van der Waals surface area contributed by atoms with Gasteiger partial charge in [-0.15, -0.1) is 0 Å². The van der Waals surface area contributed by atoms with Crippen LogP contribution in [0.25, 0.3) is 0 Å². The molecule has 0 bridgehead atoms. The zero-order valence-electron chi connectivity index (χ0n) is 53.5. The van der Waals surface area contributed by atoms with Crippen molar-refractivity contribution in [3.05, 3.63) is 97.2 Å². The predicted octanol–water partition coefficient (Wildman–Crippen LogP) is 20.5. The number of phosphoric acid groups is 1. The van der Waals surface area contributed by atoms with Gasteiger partial charge in [0.2, 0.25) is 5.91 Å². The predicted molar refractivity (Wildman–Crippen MR) is 348 cm³/mol. The number of amides is 1. The van der Waals surface area contributed by atoms with Crippen molar-refractivity contribution < 1.29 is 37.3 Å². The molecule has 1 amide bonds. The number of nitrogens with zero attached hydrogens (tertiary/aromatic N) is 1. The van der Waals surface area contributed by atoms with Crippen molar-refractivity contribution >= 4 is 19.7 Å². The van der Waals surface area contributed by atoms with E-state index in [0.29, 0.717) is 23.9 Å². The van der Waals surface area contributed by atoms with Crippen LogP contribution < -0.4 is 10.2 Å². The van der Waals surface area contributed by atoms with Gasteiger partial charge in [0.05, 0.1) is 33.8 Å². The molecule has 1 N–H and O–H groups in total. The Morgan fingerprint density at radius 3 is 1.21 bits per heavy atom. The van der Waals surface area contributed by atoms with Gasteiger partial charge < -0.3 is 28.5 Å². The Hall–Kier alpha value is -3.07. The number of phosphoric ester groups is 1. The van der Waals surface area contributed by atoms with Gasteiger partial charge in [-0.05, 0) is 109 Å². The van der Waals surface area contributed by atoms with Gasteiger partial charge in [-0.25, -0.2) is 0 Å². The van der Waals surface area contributed by atoms with Crippen LogP contribution in [0.5, 0.6) is 0 Å². The summed E-state index contributed by atoms with van der Waals surface area (Å²) in [5, 5.41) is 3.03. The van der Waals surface area contributed by atoms with Crippen molar-refractivity contribution in [1.82, 2.24) is 5.32 Å². The standard InChI is InChI=1S/C71H127N2O7P/c1-7-10-13-16-19-22-25-28-30-32-34-36-38-40-42-45-48-51-54-57-60-63-70(74)72-68(67-79-81(76,77)78-66-65-73(4,5)6)69(62-59-56-53-50-47-44-27-24-21-18-15-12-9-3)80-71(75)64-61-58-55-52-49-46-43-41-39-37-35-33-31-29-26-23-20-17-14-11-8-2/h11,14,19-20,22-23,28-31,35,37,41,43,59,62,68-69H,7-10,12-13,15-18,21,24-27,32-34,36,38-40,42,44-58,60-61,63-67H2,1-6H3,(H-,72,74,76,77)/b14-11-,22-19-,23-20-,30-28-,31-29-,37-35-,43-41-,62-59+. The Labute approximate surface area is 500 Å². The van der Waals surface area contributed by atoms with Gasteiger partial charge in [0.15, 0.2) is 0 Å². The van der Waals surface area contributed by atoms with Crippen molar-refractivity contribution in [2.24, 2.45) is 0 Å². The SMILES string of the molecule is CC/C=C\C/C=C\C/C=C\C/C=C\C/C=C\CCCCCCCC(=O)OC(/C=C/CCCCCCCCCCCCC)C(COP(=O)([O-])OCC[N+](C)(C)C)NC(=O)CCCCCCCCCCCCC/C=C\C/C=C\CCCCC. The summed E-state index contributed by atoms with van der Waals surface area (Å²) < 4.78 is 30.4. The zero-order chi connectivity index (χ0) is 59.3. The van der Waals surface area contributed by atoms with Crippen molar-refractivity contribution in [3.8, 4) is 0 Å². The van der Waals surface area contributed by atoms with E-state index in [2.05, 4.69) is 111 Å². The van der Waals surface area contributed by atoms with Crippen LogP contribution in [0.4, 0.5) is 0 Å². The lowest BCUT2D eigenvalue weighted by Gasteiger charge is -2.30. The number of rotatable bonds is 60. The number of hydrogen-bond donors (Lipinski definition) is 1. The lowest BCUT2D eigenvalue weighted by molar-refractivity contribution is -0.870. The van der Waals surface area contributed by atoms with Crippen LogP contribution in [0, 0.1) is 0 Å². The smallest absolute Gasteiger partial charge is 0.306 e. The van der Waals surface area contributed by atoms with Gasteiger partial charge in [-0.3, -0.25) is 14.2 Å². The highest BCUT2D eigenvalue weighted by molar-refractivity contribution is 7.45. The first-order valence-corrected chi connectivity index (χ1v) is 35.0. The third kappa shape index (κ3) is 61.3. The van der Waals surface area contributed by atoms with E-state index in [1.807, 2.05) is 33.3 Å². The second kappa shape index (κ2) is 60.1. The topological polar surface area (TPSA) is 114 Å². The molecule has 0 aromatic rings. The molecule has 0 aromatic carbocycles. The average molecular weight is 1150 g/mol. The Bertz CT molecular complexity index is 1710. The van der Waals surface area contributed by atoms with E-state index < -0.39 is 26.6 Å². The number of ether oxygens (including phenoxy) is 1. The Morgan fingerprint density at radius 2 is 0.790 bits per heavy atom. The van der Waals surface area contributed by atoms with E-state index in [-0.39, 0.29) is 24.9 Å². The van der Waals surface area contributed by atoms with Gasteiger partial charge in [0.25, 0.3) is 7.82 Å². The van der Waals surface area contributed by atoms with Crippen molar-refractivity contribution in [1.29, 1.82) is 0 Å². The molecule has 3 atom stereocenters. The number of carbonyl (C=O) groups is 2.